The second-order valence-electron chi connectivity index (χ2n) is 4.97. The first kappa shape index (κ1) is 11.5. The Labute approximate surface area is 97.9 Å². The molecule has 1 aromatic heterocycles. The molecule has 0 N–H and O–H groups in total. The van der Waals surface area contributed by atoms with E-state index in [0.29, 0.717) is 12.0 Å². The molecular weight excluding hydrogens is 198 g/mol. The van der Waals surface area contributed by atoms with E-state index in [1.165, 1.54) is 31.5 Å². The monoisotopic (exact) mass is 219 g/mol. The van der Waals surface area contributed by atoms with E-state index in [2.05, 4.69) is 28.7 Å². The molecule has 2 rings (SSSR count). The third-order valence-electron chi connectivity index (χ3n) is 3.53. The molecule has 1 aliphatic heterocycles. The van der Waals surface area contributed by atoms with Crippen LogP contribution >= 0.6 is 0 Å². The average Bonchev–Trinajstić information content (AvgIpc) is 2.30. The summed E-state index contributed by atoms with van der Waals surface area (Å²) in [6, 6.07) is 0.676. The van der Waals surface area contributed by atoms with Crippen molar-refractivity contribution in [3.8, 4) is 0 Å². The van der Waals surface area contributed by atoms with Gasteiger partial charge in [-0.15, -0.1) is 0 Å². The molecule has 1 saturated heterocycles. The molecule has 1 aromatic rings. The van der Waals surface area contributed by atoms with Crippen molar-refractivity contribution in [2.75, 3.05) is 13.1 Å². The van der Waals surface area contributed by atoms with Crippen LogP contribution in [0, 0.1) is 6.92 Å². The van der Waals surface area contributed by atoms with Crippen LogP contribution in [0.2, 0.25) is 0 Å². The number of rotatable bonds is 2. The molecule has 1 fully saturated rings. The van der Waals surface area contributed by atoms with Crippen molar-refractivity contribution in [1.82, 2.24) is 14.9 Å². The minimum atomic E-state index is 0.663. The van der Waals surface area contributed by atoms with Crippen molar-refractivity contribution in [2.24, 2.45) is 0 Å². The van der Waals surface area contributed by atoms with Crippen molar-refractivity contribution in [3.63, 3.8) is 0 Å². The summed E-state index contributed by atoms with van der Waals surface area (Å²) in [6.45, 7) is 8.89. The molecule has 0 amide bonds. The highest BCUT2D eigenvalue weighted by Gasteiger charge is 2.22. The fourth-order valence-corrected chi connectivity index (χ4v) is 2.36. The molecule has 0 aromatic carbocycles. The van der Waals surface area contributed by atoms with E-state index in [4.69, 9.17) is 0 Å². The summed E-state index contributed by atoms with van der Waals surface area (Å²) in [5, 5.41) is 0. The molecular formula is C13H21N3. The minimum Gasteiger partial charge on any atom is -0.301 e. The number of aryl methyl sites for hydroxylation is 1. The summed E-state index contributed by atoms with van der Waals surface area (Å²) in [4.78, 5) is 11.1. The topological polar surface area (TPSA) is 29.0 Å². The molecule has 0 atom stereocenters. The van der Waals surface area contributed by atoms with Crippen LogP contribution < -0.4 is 0 Å². The highest BCUT2D eigenvalue weighted by Crippen LogP contribution is 2.27. The molecule has 88 valence electrons. The van der Waals surface area contributed by atoms with Gasteiger partial charge in [0.15, 0.2) is 0 Å². The maximum absolute atomic E-state index is 4.28. The highest BCUT2D eigenvalue weighted by atomic mass is 15.1. The SMILES string of the molecule is Cc1ncc(C2CCN(C(C)C)CC2)cn1. The van der Waals surface area contributed by atoms with E-state index >= 15 is 0 Å². The predicted molar refractivity (Wildman–Crippen MR) is 65.5 cm³/mol. The number of hydrogen-bond donors (Lipinski definition) is 0. The summed E-state index contributed by atoms with van der Waals surface area (Å²) < 4.78 is 0. The Kier molecular flexibility index (Phi) is 3.54. The zero-order valence-corrected chi connectivity index (χ0v) is 10.5. The van der Waals surface area contributed by atoms with Crippen LogP contribution in [0.1, 0.15) is 44.0 Å². The minimum absolute atomic E-state index is 0.663. The van der Waals surface area contributed by atoms with E-state index in [0.717, 1.165) is 5.82 Å². The third-order valence-corrected chi connectivity index (χ3v) is 3.53. The van der Waals surface area contributed by atoms with Gasteiger partial charge in [-0.1, -0.05) is 0 Å². The Hall–Kier alpha value is -0.960. The molecule has 3 nitrogen and oxygen atoms in total. The molecule has 0 radical (unpaired) electrons. The molecule has 3 heteroatoms. The summed E-state index contributed by atoms with van der Waals surface area (Å²) in [6.07, 6.45) is 6.48. The zero-order valence-electron chi connectivity index (χ0n) is 10.5. The maximum atomic E-state index is 4.28. The van der Waals surface area contributed by atoms with Crippen LogP contribution in [0.25, 0.3) is 0 Å². The van der Waals surface area contributed by atoms with E-state index in [-0.39, 0.29) is 0 Å². The molecule has 1 aliphatic rings. The first-order valence-electron chi connectivity index (χ1n) is 6.19. The van der Waals surface area contributed by atoms with Crippen molar-refractivity contribution in [2.45, 2.75) is 45.6 Å². The summed E-state index contributed by atoms with van der Waals surface area (Å²) in [7, 11) is 0. The van der Waals surface area contributed by atoms with Gasteiger partial charge in [0.1, 0.15) is 5.82 Å². The number of nitrogens with zero attached hydrogens (tertiary/aromatic N) is 3. The van der Waals surface area contributed by atoms with E-state index in [9.17, 15) is 0 Å². The van der Waals surface area contributed by atoms with E-state index in [1.807, 2.05) is 19.3 Å². The first-order chi connectivity index (χ1) is 7.66. The molecule has 16 heavy (non-hydrogen) atoms. The highest BCUT2D eigenvalue weighted by molar-refractivity contribution is 5.12. The smallest absolute Gasteiger partial charge is 0.125 e. The number of piperidine rings is 1. The fraction of sp³-hybridized carbons (Fsp3) is 0.692. The summed E-state index contributed by atoms with van der Waals surface area (Å²) >= 11 is 0. The molecule has 2 heterocycles. The van der Waals surface area contributed by atoms with Gasteiger partial charge in [0.05, 0.1) is 0 Å². The maximum Gasteiger partial charge on any atom is 0.125 e. The average molecular weight is 219 g/mol. The van der Waals surface area contributed by atoms with Crippen LogP contribution in [0.4, 0.5) is 0 Å². The van der Waals surface area contributed by atoms with Gasteiger partial charge in [-0.3, -0.25) is 0 Å². The number of aromatic nitrogens is 2. The Morgan fingerprint density at radius 2 is 1.75 bits per heavy atom. The van der Waals surface area contributed by atoms with Gasteiger partial charge < -0.3 is 4.90 Å². The largest absolute Gasteiger partial charge is 0.301 e. The van der Waals surface area contributed by atoms with Crippen LogP contribution in [-0.4, -0.2) is 34.0 Å². The lowest BCUT2D eigenvalue weighted by Gasteiger charge is -2.34. The second kappa shape index (κ2) is 4.91. The van der Waals surface area contributed by atoms with Gasteiger partial charge in [-0.25, -0.2) is 9.97 Å². The Balaban J connectivity index is 1.96. The lowest BCUT2D eigenvalue weighted by Crippen LogP contribution is -2.37. The first-order valence-corrected chi connectivity index (χ1v) is 6.19. The number of likely N-dealkylation sites (tertiary alicyclic amines) is 1. The summed E-state index contributed by atoms with van der Waals surface area (Å²) in [5.41, 5.74) is 1.31. The molecule has 0 saturated carbocycles. The molecule has 0 bridgehead atoms. The van der Waals surface area contributed by atoms with Crippen LogP contribution in [-0.2, 0) is 0 Å². The Bertz CT molecular complexity index is 324. The van der Waals surface area contributed by atoms with E-state index < -0.39 is 0 Å². The third kappa shape index (κ3) is 2.59. The van der Waals surface area contributed by atoms with Crippen molar-refractivity contribution < 1.29 is 0 Å². The van der Waals surface area contributed by atoms with Gasteiger partial charge in [-0.2, -0.15) is 0 Å². The molecule has 0 spiro atoms. The lowest BCUT2D eigenvalue weighted by molar-refractivity contribution is 0.171. The van der Waals surface area contributed by atoms with Crippen molar-refractivity contribution in [3.05, 3.63) is 23.8 Å². The second-order valence-corrected chi connectivity index (χ2v) is 4.97. The standard InChI is InChI=1S/C13H21N3/c1-10(2)16-6-4-12(5-7-16)13-8-14-11(3)15-9-13/h8-10,12H,4-7H2,1-3H3. The normalized spacial score (nSPS) is 19.2. The fourth-order valence-electron chi connectivity index (χ4n) is 2.36. The van der Waals surface area contributed by atoms with Crippen LogP contribution in [0.15, 0.2) is 12.4 Å². The zero-order chi connectivity index (χ0) is 11.5. The quantitative estimate of drug-likeness (QED) is 0.764. The summed E-state index contributed by atoms with van der Waals surface area (Å²) in [5.74, 6) is 1.53. The van der Waals surface area contributed by atoms with Gasteiger partial charge >= 0.3 is 0 Å². The van der Waals surface area contributed by atoms with Crippen LogP contribution in [0.5, 0.6) is 0 Å². The molecule has 0 aliphatic carbocycles. The van der Waals surface area contributed by atoms with E-state index in [1.54, 1.807) is 0 Å². The lowest BCUT2D eigenvalue weighted by atomic mass is 9.91. The van der Waals surface area contributed by atoms with Gasteiger partial charge in [-0.05, 0) is 58.2 Å². The number of hydrogen-bond acceptors (Lipinski definition) is 3. The van der Waals surface area contributed by atoms with Gasteiger partial charge in [0.2, 0.25) is 0 Å². The molecule has 0 unspecified atom stereocenters. The van der Waals surface area contributed by atoms with Crippen molar-refractivity contribution in [1.29, 1.82) is 0 Å². The van der Waals surface area contributed by atoms with Gasteiger partial charge in [0.25, 0.3) is 0 Å². The van der Waals surface area contributed by atoms with Gasteiger partial charge in [0, 0.05) is 18.4 Å². The Morgan fingerprint density at radius 1 is 1.19 bits per heavy atom. The van der Waals surface area contributed by atoms with Crippen LogP contribution in [0.3, 0.4) is 0 Å². The Morgan fingerprint density at radius 3 is 2.25 bits per heavy atom. The predicted octanol–water partition coefficient (Wildman–Crippen LogP) is 2.37. The van der Waals surface area contributed by atoms with Crippen molar-refractivity contribution >= 4 is 0 Å².